The molecule has 0 saturated heterocycles. The Morgan fingerprint density at radius 3 is 2.05 bits per heavy atom. The van der Waals surface area contributed by atoms with Crippen molar-refractivity contribution in [2.75, 3.05) is 23.7 Å². The van der Waals surface area contributed by atoms with Gasteiger partial charge in [-0.15, -0.1) is 0 Å². The molecule has 2 N–H and O–H groups in total. The zero-order valence-electron chi connectivity index (χ0n) is 13.7. The SMILES string of the molecule is CCCNc1nc(CC)nc(NCC(CC)CC)c1C. The topological polar surface area (TPSA) is 49.8 Å². The number of rotatable bonds is 9. The van der Waals surface area contributed by atoms with E-state index in [2.05, 4.69) is 55.2 Å². The zero-order valence-corrected chi connectivity index (χ0v) is 13.7. The van der Waals surface area contributed by atoms with Crippen molar-refractivity contribution < 1.29 is 0 Å². The van der Waals surface area contributed by atoms with E-state index in [1.807, 2.05) is 0 Å². The molecule has 0 amide bonds. The van der Waals surface area contributed by atoms with E-state index in [0.717, 1.165) is 49.0 Å². The summed E-state index contributed by atoms with van der Waals surface area (Å²) >= 11 is 0. The highest BCUT2D eigenvalue weighted by Gasteiger charge is 2.11. The highest BCUT2D eigenvalue weighted by atomic mass is 15.1. The van der Waals surface area contributed by atoms with Gasteiger partial charge in [-0.1, -0.05) is 40.5 Å². The van der Waals surface area contributed by atoms with Crippen molar-refractivity contribution in [3.05, 3.63) is 11.4 Å². The van der Waals surface area contributed by atoms with Gasteiger partial charge in [0.1, 0.15) is 17.5 Å². The molecule has 0 bridgehead atoms. The van der Waals surface area contributed by atoms with Crippen LogP contribution in [0.15, 0.2) is 0 Å². The molecule has 1 aromatic rings. The first-order chi connectivity index (χ1) is 9.65. The summed E-state index contributed by atoms with van der Waals surface area (Å²) < 4.78 is 0. The summed E-state index contributed by atoms with van der Waals surface area (Å²) in [6, 6.07) is 0. The maximum Gasteiger partial charge on any atom is 0.134 e. The van der Waals surface area contributed by atoms with Gasteiger partial charge in [0.25, 0.3) is 0 Å². The summed E-state index contributed by atoms with van der Waals surface area (Å²) in [6.45, 7) is 12.8. The van der Waals surface area contributed by atoms with E-state index >= 15 is 0 Å². The predicted molar refractivity (Wildman–Crippen MR) is 87.5 cm³/mol. The highest BCUT2D eigenvalue weighted by molar-refractivity contribution is 5.57. The molecule has 4 nitrogen and oxygen atoms in total. The Morgan fingerprint density at radius 2 is 1.55 bits per heavy atom. The van der Waals surface area contributed by atoms with E-state index in [1.54, 1.807) is 0 Å². The molecule has 1 aromatic heterocycles. The smallest absolute Gasteiger partial charge is 0.134 e. The Morgan fingerprint density at radius 1 is 0.950 bits per heavy atom. The Kier molecular flexibility index (Phi) is 7.34. The number of nitrogens with zero attached hydrogens (tertiary/aromatic N) is 2. The lowest BCUT2D eigenvalue weighted by Gasteiger charge is -2.17. The largest absolute Gasteiger partial charge is 0.370 e. The molecule has 0 aliphatic rings. The Labute approximate surface area is 123 Å². The maximum atomic E-state index is 4.64. The fourth-order valence-electron chi connectivity index (χ4n) is 2.13. The quantitative estimate of drug-likeness (QED) is 0.716. The summed E-state index contributed by atoms with van der Waals surface area (Å²) in [6.07, 6.45) is 4.37. The molecule has 0 fully saturated rings. The van der Waals surface area contributed by atoms with Crippen molar-refractivity contribution in [2.24, 2.45) is 5.92 Å². The fraction of sp³-hybridized carbons (Fsp3) is 0.750. The second-order valence-electron chi connectivity index (χ2n) is 5.31. The molecule has 0 aliphatic heterocycles. The number of anilines is 2. The first-order valence-corrected chi connectivity index (χ1v) is 8.01. The molecular formula is C16H30N4. The van der Waals surface area contributed by atoms with Crippen LogP contribution in [0.5, 0.6) is 0 Å². The van der Waals surface area contributed by atoms with Crippen LogP contribution in [0.4, 0.5) is 11.6 Å². The van der Waals surface area contributed by atoms with Crippen molar-refractivity contribution in [1.29, 1.82) is 0 Å². The molecule has 0 saturated carbocycles. The third-order valence-corrected chi connectivity index (χ3v) is 3.76. The second kappa shape index (κ2) is 8.77. The average molecular weight is 278 g/mol. The van der Waals surface area contributed by atoms with Crippen LogP contribution in [0.25, 0.3) is 0 Å². The lowest BCUT2D eigenvalue weighted by atomic mass is 10.0. The minimum Gasteiger partial charge on any atom is -0.370 e. The van der Waals surface area contributed by atoms with E-state index in [1.165, 1.54) is 12.8 Å². The van der Waals surface area contributed by atoms with Gasteiger partial charge in [0.05, 0.1) is 0 Å². The van der Waals surface area contributed by atoms with Gasteiger partial charge < -0.3 is 10.6 Å². The van der Waals surface area contributed by atoms with Gasteiger partial charge in [0.2, 0.25) is 0 Å². The predicted octanol–water partition coefficient (Wildman–Crippen LogP) is 4.02. The van der Waals surface area contributed by atoms with Gasteiger partial charge in [0.15, 0.2) is 0 Å². The van der Waals surface area contributed by atoms with Gasteiger partial charge in [-0.25, -0.2) is 9.97 Å². The third-order valence-electron chi connectivity index (χ3n) is 3.76. The van der Waals surface area contributed by atoms with Crippen molar-refractivity contribution in [1.82, 2.24) is 9.97 Å². The van der Waals surface area contributed by atoms with Crippen molar-refractivity contribution in [3.63, 3.8) is 0 Å². The molecule has 0 aromatic carbocycles. The molecular weight excluding hydrogens is 248 g/mol. The molecule has 0 radical (unpaired) electrons. The van der Waals surface area contributed by atoms with Crippen molar-refractivity contribution in [2.45, 2.75) is 60.3 Å². The monoisotopic (exact) mass is 278 g/mol. The number of aryl methyl sites for hydroxylation is 1. The maximum absolute atomic E-state index is 4.64. The molecule has 0 aliphatic carbocycles. The Balaban J connectivity index is 2.87. The highest BCUT2D eigenvalue weighted by Crippen LogP contribution is 2.21. The fourth-order valence-corrected chi connectivity index (χ4v) is 2.13. The standard InChI is InChI=1S/C16H30N4/c1-6-10-17-15-12(5)16(20-14(9-4)19-15)18-11-13(7-2)8-3/h13H,6-11H2,1-5H3,(H2,17,18,19,20). The van der Waals surface area contributed by atoms with Gasteiger partial charge >= 0.3 is 0 Å². The second-order valence-corrected chi connectivity index (χ2v) is 5.31. The van der Waals surface area contributed by atoms with E-state index < -0.39 is 0 Å². The molecule has 20 heavy (non-hydrogen) atoms. The minimum absolute atomic E-state index is 0.710. The van der Waals surface area contributed by atoms with Gasteiger partial charge in [-0.05, 0) is 19.3 Å². The third kappa shape index (κ3) is 4.66. The van der Waals surface area contributed by atoms with Crippen molar-refractivity contribution >= 4 is 11.6 Å². The lowest BCUT2D eigenvalue weighted by Crippen LogP contribution is -2.16. The summed E-state index contributed by atoms with van der Waals surface area (Å²) in [5.74, 6) is 3.58. The van der Waals surface area contributed by atoms with E-state index in [9.17, 15) is 0 Å². The number of hydrogen-bond acceptors (Lipinski definition) is 4. The summed E-state index contributed by atoms with van der Waals surface area (Å²) in [5.41, 5.74) is 1.13. The van der Waals surface area contributed by atoms with Crippen LogP contribution in [0.3, 0.4) is 0 Å². The molecule has 0 spiro atoms. The average Bonchev–Trinajstić information content (AvgIpc) is 2.48. The lowest BCUT2D eigenvalue weighted by molar-refractivity contribution is 0.518. The first kappa shape index (κ1) is 16.7. The van der Waals surface area contributed by atoms with E-state index in [4.69, 9.17) is 0 Å². The number of nitrogens with one attached hydrogen (secondary N) is 2. The first-order valence-electron chi connectivity index (χ1n) is 8.01. The molecule has 1 rings (SSSR count). The number of hydrogen-bond donors (Lipinski definition) is 2. The Hall–Kier alpha value is -1.32. The van der Waals surface area contributed by atoms with Crippen LogP contribution in [-0.4, -0.2) is 23.1 Å². The summed E-state index contributed by atoms with van der Waals surface area (Å²) in [4.78, 5) is 9.23. The molecule has 1 heterocycles. The van der Waals surface area contributed by atoms with Gasteiger partial charge in [-0.2, -0.15) is 0 Å². The molecule has 4 heteroatoms. The zero-order chi connectivity index (χ0) is 15.0. The van der Waals surface area contributed by atoms with Crippen LogP contribution in [0, 0.1) is 12.8 Å². The normalized spacial score (nSPS) is 10.9. The van der Waals surface area contributed by atoms with Gasteiger partial charge in [-0.3, -0.25) is 0 Å². The number of aromatic nitrogens is 2. The molecule has 114 valence electrons. The van der Waals surface area contributed by atoms with Crippen LogP contribution >= 0.6 is 0 Å². The van der Waals surface area contributed by atoms with Crippen LogP contribution in [0.1, 0.15) is 58.3 Å². The van der Waals surface area contributed by atoms with Crippen molar-refractivity contribution in [3.8, 4) is 0 Å². The molecule has 0 unspecified atom stereocenters. The Bertz CT molecular complexity index is 400. The summed E-state index contributed by atoms with van der Waals surface area (Å²) in [5, 5.41) is 6.92. The summed E-state index contributed by atoms with van der Waals surface area (Å²) in [7, 11) is 0. The van der Waals surface area contributed by atoms with Crippen LogP contribution in [-0.2, 0) is 6.42 Å². The molecule has 0 atom stereocenters. The van der Waals surface area contributed by atoms with Crippen LogP contribution < -0.4 is 10.6 Å². The van der Waals surface area contributed by atoms with Crippen LogP contribution in [0.2, 0.25) is 0 Å². The van der Waals surface area contributed by atoms with E-state index in [0.29, 0.717) is 5.92 Å². The minimum atomic E-state index is 0.710. The van der Waals surface area contributed by atoms with Gasteiger partial charge in [0, 0.05) is 25.1 Å². The van der Waals surface area contributed by atoms with E-state index in [-0.39, 0.29) is 0 Å².